The molecule has 0 bridgehead atoms. The van der Waals surface area contributed by atoms with Crippen LogP contribution in [0.2, 0.25) is 0 Å². The number of H-pyrrole nitrogens is 1. The zero-order valence-electron chi connectivity index (χ0n) is 14.7. The van der Waals surface area contributed by atoms with E-state index in [4.69, 9.17) is 4.42 Å². The molecule has 1 aromatic carbocycles. The molecule has 4 heterocycles. The van der Waals surface area contributed by atoms with Gasteiger partial charge in [0.15, 0.2) is 17.0 Å². The summed E-state index contributed by atoms with van der Waals surface area (Å²) in [5.74, 6) is 0.0170. The second kappa shape index (κ2) is 6.44. The number of hydrogen-bond acceptors (Lipinski definition) is 8. The van der Waals surface area contributed by atoms with Crippen molar-refractivity contribution >= 4 is 34.2 Å². The molecule has 142 valence electrons. The summed E-state index contributed by atoms with van der Waals surface area (Å²) in [5, 5.41) is 18.5. The Morgan fingerprint density at radius 3 is 2.93 bits per heavy atom. The van der Waals surface area contributed by atoms with Crippen LogP contribution in [0.5, 0.6) is 0 Å². The Labute approximate surface area is 157 Å². The van der Waals surface area contributed by atoms with Crippen LogP contribution in [-0.2, 0) is 4.79 Å². The normalized spacial score (nSPS) is 15.4. The number of nitrogens with one attached hydrogen (secondary N) is 2. The van der Waals surface area contributed by atoms with Crippen LogP contribution in [0.15, 0.2) is 39.5 Å². The second-order valence-corrected chi connectivity index (χ2v) is 6.67. The molecule has 1 saturated heterocycles. The molecule has 0 atom stereocenters. The Morgan fingerprint density at radius 1 is 1.21 bits per heavy atom. The van der Waals surface area contributed by atoms with Crippen LogP contribution in [0.4, 0.5) is 11.5 Å². The molecule has 1 amide bonds. The lowest BCUT2D eigenvalue weighted by Crippen LogP contribution is -2.38. The minimum absolute atomic E-state index is 0.0834. The van der Waals surface area contributed by atoms with E-state index in [-0.39, 0.29) is 11.8 Å². The summed E-state index contributed by atoms with van der Waals surface area (Å²) in [6.45, 7) is 1.39. The largest absolute Gasteiger partial charge is 0.417 e. The van der Waals surface area contributed by atoms with Crippen molar-refractivity contribution in [1.29, 1.82) is 0 Å². The van der Waals surface area contributed by atoms with Gasteiger partial charge in [0.05, 0.1) is 11.2 Å². The van der Waals surface area contributed by atoms with E-state index in [0.29, 0.717) is 48.4 Å². The van der Waals surface area contributed by atoms with Crippen LogP contribution in [-0.4, -0.2) is 49.2 Å². The third kappa shape index (κ3) is 2.86. The summed E-state index contributed by atoms with van der Waals surface area (Å²) >= 11 is 0. The van der Waals surface area contributed by atoms with Crippen LogP contribution in [0, 0.1) is 5.92 Å². The number of carbonyl (C=O) groups excluding carboxylic acids is 1. The number of oxazole rings is 1. The van der Waals surface area contributed by atoms with Gasteiger partial charge in [-0.15, -0.1) is 14.8 Å². The summed E-state index contributed by atoms with van der Waals surface area (Å²) in [6.07, 6.45) is 1.38. The predicted octanol–water partition coefficient (Wildman–Crippen LogP) is 0.809. The molecule has 2 N–H and O–H groups in total. The summed E-state index contributed by atoms with van der Waals surface area (Å²) in [5.41, 5.74) is 2.00. The van der Waals surface area contributed by atoms with E-state index in [9.17, 15) is 9.59 Å². The van der Waals surface area contributed by atoms with Gasteiger partial charge in [0.1, 0.15) is 0 Å². The number of piperidine rings is 1. The van der Waals surface area contributed by atoms with Crippen molar-refractivity contribution < 1.29 is 9.21 Å². The highest BCUT2D eigenvalue weighted by Gasteiger charge is 2.26. The topological polar surface area (TPSA) is 134 Å². The molecule has 11 heteroatoms. The molecule has 0 radical (unpaired) electrons. The second-order valence-electron chi connectivity index (χ2n) is 6.67. The van der Waals surface area contributed by atoms with Crippen molar-refractivity contribution in [2.75, 3.05) is 23.3 Å². The number of fused-ring (bicyclic) bond motifs is 2. The van der Waals surface area contributed by atoms with Gasteiger partial charge < -0.3 is 14.6 Å². The molecular formula is C17H16N8O3. The first-order chi connectivity index (χ1) is 13.7. The lowest BCUT2D eigenvalue weighted by Gasteiger charge is -2.31. The molecule has 5 rings (SSSR count). The first kappa shape index (κ1) is 16.4. The van der Waals surface area contributed by atoms with Crippen molar-refractivity contribution in [1.82, 2.24) is 30.2 Å². The maximum atomic E-state index is 12.7. The number of anilines is 2. The molecule has 0 saturated carbocycles. The SMILES string of the molecule is O=C(Nc1cccc2[nH]c(=O)oc12)C1CCN(c2ccc3nnnn3n2)CC1. The number of tetrazole rings is 1. The maximum Gasteiger partial charge on any atom is 0.417 e. The molecular weight excluding hydrogens is 364 g/mol. The third-order valence-corrected chi connectivity index (χ3v) is 4.95. The summed E-state index contributed by atoms with van der Waals surface area (Å²) in [4.78, 5) is 28.8. The number of amides is 1. The van der Waals surface area contributed by atoms with Gasteiger partial charge in [0, 0.05) is 19.0 Å². The van der Waals surface area contributed by atoms with E-state index in [2.05, 4.69) is 35.8 Å². The Kier molecular flexibility index (Phi) is 3.78. The van der Waals surface area contributed by atoms with Crippen molar-refractivity contribution in [2.45, 2.75) is 12.8 Å². The number of hydrogen-bond donors (Lipinski definition) is 2. The third-order valence-electron chi connectivity index (χ3n) is 4.95. The van der Waals surface area contributed by atoms with E-state index in [1.54, 1.807) is 18.2 Å². The number of carbonyl (C=O) groups is 1. The number of aromatic amines is 1. The highest BCUT2D eigenvalue weighted by molar-refractivity contribution is 5.99. The average molecular weight is 380 g/mol. The summed E-state index contributed by atoms with van der Waals surface area (Å²) in [6, 6.07) is 8.89. The Balaban J connectivity index is 1.27. The molecule has 4 aromatic rings. The van der Waals surface area contributed by atoms with Crippen LogP contribution >= 0.6 is 0 Å². The van der Waals surface area contributed by atoms with Gasteiger partial charge >= 0.3 is 5.76 Å². The highest BCUT2D eigenvalue weighted by atomic mass is 16.4. The van der Waals surface area contributed by atoms with Gasteiger partial charge in [0.2, 0.25) is 5.91 Å². The monoisotopic (exact) mass is 380 g/mol. The molecule has 0 aliphatic carbocycles. The smallest absolute Gasteiger partial charge is 0.406 e. The quantitative estimate of drug-likeness (QED) is 0.533. The van der Waals surface area contributed by atoms with Crippen LogP contribution in [0.25, 0.3) is 16.7 Å². The van der Waals surface area contributed by atoms with Crippen LogP contribution in [0.3, 0.4) is 0 Å². The molecule has 11 nitrogen and oxygen atoms in total. The lowest BCUT2D eigenvalue weighted by molar-refractivity contribution is -0.120. The van der Waals surface area contributed by atoms with Gasteiger partial charge in [-0.05, 0) is 47.5 Å². The summed E-state index contributed by atoms with van der Waals surface area (Å²) in [7, 11) is 0. The fraction of sp³-hybridized carbons (Fsp3) is 0.294. The molecule has 1 aliphatic heterocycles. The van der Waals surface area contributed by atoms with E-state index in [0.717, 1.165) is 5.82 Å². The van der Waals surface area contributed by atoms with Gasteiger partial charge in [-0.2, -0.15) is 0 Å². The molecule has 1 aliphatic rings. The number of aromatic nitrogens is 6. The number of para-hydroxylation sites is 1. The fourth-order valence-electron chi connectivity index (χ4n) is 3.49. The molecule has 0 spiro atoms. The fourth-order valence-corrected chi connectivity index (χ4v) is 3.49. The van der Waals surface area contributed by atoms with Crippen molar-refractivity contribution in [3.05, 3.63) is 40.9 Å². The number of nitrogens with zero attached hydrogens (tertiary/aromatic N) is 6. The first-order valence-corrected chi connectivity index (χ1v) is 8.90. The zero-order valence-corrected chi connectivity index (χ0v) is 14.7. The van der Waals surface area contributed by atoms with E-state index < -0.39 is 5.76 Å². The van der Waals surface area contributed by atoms with Gasteiger partial charge in [0.25, 0.3) is 0 Å². The molecule has 28 heavy (non-hydrogen) atoms. The van der Waals surface area contributed by atoms with Crippen LogP contribution in [0.1, 0.15) is 12.8 Å². The summed E-state index contributed by atoms with van der Waals surface area (Å²) < 4.78 is 6.52. The standard InChI is InChI=1S/C17H16N8O3/c26-16(18-11-2-1-3-12-15(11)28-17(27)19-12)10-6-8-24(9-7-10)14-5-4-13-20-22-23-25(13)21-14/h1-5,10H,6-9H2,(H,18,26)(H,19,27). The van der Waals surface area contributed by atoms with Crippen molar-refractivity contribution in [2.24, 2.45) is 5.92 Å². The van der Waals surface area contributed by atoms with Gasteiger partial charge in [-0.25, -0.2) is 4.79 Å². The van der Waals surface area contributed by atoms with Crippen molar-refractivity contribution in [3.63, 3.8) is 0 Å². The Hall–Kier alpha value is -3.76. The number of benzene rings is 1. The lowest BCUT2D eigenvalue weighted by atomic mass is 9.96. The Bertz CT molecular complexity index is 1220. The van der Waals surface area contributed by atoms with E-state index in [1.807, 2.05) is 12.1 Å². The average Bonchev–Trinajstić information content (AvgIpc) is 3.33. The van der Waals surface area contributed by atoms with Gasteiger partial charge in [-0.3, -0.25) is 9.78 Å². The van der Waals surface area contributed by atoms with Gasteiger partial charge in [-0.1, -0.05) is 6.07 Å². The minimum atomic E-state index is -0.544. The van der Waals surface area contributed by atoms with E-state index >= 15 is 0 Å². The molecule has 3 aromatic heterocycles. The first-order valence-electron chi connectivity index (χ1n) is 8.90. The van der Waals surface area contributed by atoms with Crippen LogP contribution < -0.4 is 16.0 Å². The van der Waals surface area contributed by atoms with Crippen molar-refractivity contribution in [3.8, 4) is 0 Å². The zero-order chi connectivity index (χ0) is 19.1. The number of rotatable bonds is 3. The highest BCUT2D eigenvalue weighted by Crippen LogP contribution is 2.25. The molecule has 1 fully saturated rings. The minimum Gasteiger partial charge on any atom is -0.406 e. The molecule has 0 unspecified atom stereocenters. The van der Waals surface area contributed by atoms with E-state index in [1.165, 1.54) is 4.63 Å². The predicted molar refractivity (Wildman–Crippen MR) is 99.0 cm³/mol. The Morgan fingerprint density at radius 2 is 2.07 bits per heavy atom. The maximum absolute atomic E-state index is 12.7.